The molecule has 8 nitrogen and oxygen atoms in total. The number of hydrogen-bond acceptors (Lipinski definition) is 5. The van der Waals surface area contributed by atoms with Crippen molar-refractivity contribution in [1.82, 2.24) is 9.80 Å². The monoisotopic (exact) mass is 557 g/mol. The number of carbonyl (C=O) groups excluding carboxylic acids is 3. The third kappa shape index (κ3) is 4.70. The summed E-state index contributed by atoms with van der Waals surface area (Å²) in [5, 5.41) is 10.8. The Morgan fingerprint density at radius 3 is 2.41 bits per heavy atom. The summed E-state index contributed by atoms with van der Waals surface area (Å²) in [6.07, 6.45) is 5.55. The molecule has 0 aliphatic carbocycles. The number of nitrogens with zero attached hydrogens (tertiary/aromatic N) is 3. The molecule has 3 heterocycles. The highest BCUT2D eigenvalue weighted by molar-refractivity contribution is 6.30. The molecule has 6 atom stereocenters. The van der Waals surface area contributed by atoms with Gasteiger partial charge in [0.1, 0.15) is 11.6 Å². The van der Waals surface area contributed by atoms with Crippen molar-refractivity contribution in [1.29, 1.82) is 0 Å². The fourth-order valence-electron chi connectivity index (χ4n) is 6.96. The summed E-state index contributed by atoms with van der Waals surface area (Å²) in [5.74, 6) is -2.33. The van der Waals surface area contributed by atoms with Gasteiger partial charge in [-0.25, -0.2) is 0 Å². The first kappa shape index (κ1) is 29.3. The number of halogens is 1. The van der Waals surface area contributed by atoms with Gasteiger partial charge in [-0.3, -0.25) is 14.4 Å². The maximum atomic E-state index is 14.5. The van der Waals surface area contributed by atoms with Crippen molar-refractivity contribution in [2.24, 2.45) is 11.8 Å². The van der Waals surface area contributed by atoms with E-state index in [-0.39, 0.29) is 30.9 Å². The Hall–Kier alpha value is -2.68. The van der Waals surface area contributed by atoms with E-state index in [1.165, 1.54) is 4.90 Å². The van der Waals surface area contributed by atoms with E-state index in [4.69, 9.17) is 16.3 Å². The molecule has 3 fully saturated rings. The maximum absolute atomic E-state index is 14.5. The third-order valence-electron chi connectivity index (χ3n) is 8.66. The van der Waals surface area contributed by atoms with Gasteiger partial charge in [0.25, 0.3) is 5.91 Å². The smallest absolute Gasteiger partial charge is 0.253 e. The first-order chi connectivity index (χ1) is 18.6. The van der Waals surface area contributed by atoms with Gasteiger partial charge in [-0.05, 0) is 56.9 Å². The number of carbonyl (C=O) groups is 3. The Labute approximate surface area is 236 Å². The highest BCUT2D eigenvalue weighted by Gasteiger charge is 2.78. The first-order valence-corrected chi connectivity index (χ1v) is 14.2. The van der Waals surface area contributed by atoms with Crippen LogP contribution in [0.1, 0.15) is 46.5 Å². The predicted octanol–water partition coefficient (Wildman–Crippen LogP) is 3.82. The van der Waals surface area contributed by atoms with E-state index in [1.807, 2.05) is 20.8 Å². The zero-order valence-corrected chi connectivity index (χ0v) is 23.9. The summed E-state index contributed by atoms with van der Waals surface area (Å²) in [4.78, 5) is 47.7. The van der Waals surface area contributed by atoms with Crippen molar-refractivity contribution in [3.05, 3.63) is 54.6 Å². The second-order valence-corrected chi connectivity index (χ2v) is 11.4. The van der Waals surface area contributed by atoms with Crippen LogP contribution >= 0.6 is 11.6 Å². The fraction of sp³-hybridized carbons (Fsp3) is 0.567. The number of aliphatic hydroxyl groups excluding tert-OH is 1. The molecule has 3 saturated heterocycles. The lowest BCUT2D eigenvalue weighted by atomic mass is 9.66. The van der Waals surface area contributed by atoms with Crippen molar-refractivity contribution in [3.8, 4) is 0 Å². The van der Waals surface area contributed by atoms with Crippen molar-refractivity contribution in [2.45, 2.75) is 69.7 Å². The minimum absolute atomic E-state index is 0.148. The van der Waals surface area contributed by atoms with Gasteiger partial charge in [0.05, 0.1) is 30.1 Å². The summed E-state index contributed by atoms with van der Waals surface area (Å²) in [6.45, 7) is 14.2. The van der Waals surface area contributed by atoms with Crippen LogP contribution in [-0.2, 0) is 19.1 Å². The molecule has 4 rings (SSSR count). The second kappa shape index (κ2) is 11.4. The van der Waals surface area contributed by atoms with Crippen LogP contribution < -0.4 is 4.90 Å². The van der Waals surface area contributed by atoms with E-state index in [2.05, 4.69) is 13.2 Å². The Balaban J connectivity index is 1.83. The summed E-state index contributed by atoms with van der Waals surface area (Å²) < 4.78 is 6.76. The van der Waals surface area contributed by atoms with Crippen LogP contribution in [0.5, 0.6) is 0 Å². The summed E-state index contributed by atoms with van der Waals surface area (Å²) in [5.41, 5.74) is -1.44. The zero-order valence-electron chi connectivity index (χ0n) is 23.1. The number of hydrogen-bond donors (Lipinski definition) is 1. The molecule has 3 aliphatic rings. The largest absolute Gasteiger partial charge is 0.394 e. The molecule has 2 bridgehead atoms. The summed E-state index contributed by atoms with van der Waals surface area (Å²) in [6, 6.07) is 5.33. The standard InChI is InChI=1S/C30H40ClN3O5/c1-6-16-32(17-7-2)26(36)23-24-27(37)34(21(9-4)19-35)25(30(24)15-14-29(23,5)39-30)28(38)33(18-8-3)22-12-10-20(31)11-13-22/h6,8,10-13,21,23-25,35H,1,3,7,9,14-19H2,2,4-5H3/t21-,23+,24-,25?,29-,30?/m0/s1. The van der Waals surface area contributed by atoms with Crippen LogP contribution in [0.2, 0.25) is 5.02 Å². The highest BCUT2D eigenvalue weighted by Crippen LogP contribution is 2.64. The number of anilines is 1. The minimum Gasteiger partial charge on any atom is -0.394 e. The highest BCUT2D eigenvalue weighted by atomic mass is 35.5. The molecular weight excluding hydrogens is 518 g/mol. The molecule has 1 aromatic rings. The van der Waals surface area contributed by atoms with Gasteiger partial charge in [0.2, 0.25) is 11.8 Å². The zero-order chi connectivity index (χ0) is 28.5. The average molecular weight is 558 g/mol. The van der Waals surface area contributed by atoms with Gasteiger partial charge < -0.3 is 24.5 Å². The van der Waals surface area contributed by atoms with Crippen LogP contribution in [0.15, 0.2) is 49.6 Å². The molecular formula is C30H40ClN3O5. The van der Waals surface area contributed by atoms with Crippen molar-refractivity contribution in [3.63, 3.8) is 0 Å². The lowest BCUT2D eigenvalue weighted by Crippen LogP contribution is -2.59. The van der Waals surface area contributed by atoms with E-state index in [0.717, 1.165) is 6.42 Å². The molecule has 1 N–H and O–H groups in total. The molecule has 3 amide bonds. The first-order valence-electron chi connectivity index (χ1n) is 13.8. The maximum Gasteiger partial charge on any atom is 0.253 e. The summed E-state index contributed by atoms with van der Waals surface area (Å²) in [7, 11) is 0. The van der Waals surface area contributed by atoms with Crippen LogP contribution in [-0.4, -0.2) is 82.2 Å². The van der Waals surface area contributed by atoms with Gasteiger partial charge in [-0.15, -0.1) is 13.2 Å². The molecule has 39 heavy (non-hydrogen) atoms. The summed E-state index contributed by atoms with van der Waals surface area (Å²) >= 11 is 6.11. The molecule has 1 aromatic carbocycles. The molecule has 3 aliphatic heterocycles. The number of likely N-dealkylation sites (tertiary alicyclic amines) is 1. The Morgan fingerprint density at radius 1 is 1.18 bits per heavy atom. The second-order valence-electron chi connectivity index (χ2n) is 11.0. The fourth-order valence-corrected chi connectivity index (χ4v) is 7.09. The van der Waals surface area contributed by atoms with Gasteiger partial charge in [-0.1, -0.05) is 37.6 Å². The van der Waals surface area contributed by atoms with E-state index in [0.29, 0.717) is 43.1 Å². The number of rotatable bonds is 12. The lowest BCUT2D eigenvalue weighted by molar-refractivity contribution is -0.152. The van der Waals surface area contributed by atoms with Crippen LogP contribution in [0.25, 0.3) is 0 Å². The van der Waals surface area contributed by atoms with E-state index in [1.54, 1.807) is 46.2 Å². The van der Waals surface area contributed by atoms with E-state index in [9.17, 15) is 19.5 Å². The number of ether oxygens (including phenoxy) is 1. The van der Waals surface area contributed by atoms with Gasteiger partial charge in [0, 0.05) is 30.3 Å². The normalized spacial score (nSPS) is 29.7. The Bertz CT molecular complexity index is 1120. The van der Waals surface area contributed by atoms with Crippen LogP contribution in [0, 0.1) is 11.8 Å². The topological polar surface area (TPSA) is 90.4 Å². The molecule has 1 spiro atoms. The van der Waals surface area contributed by atoms with Crippen LogP contribution in [0.4, 0.5) is 5.69 Å². The van der Waals surface area contributed by atoms with Crippen molar-refractivity contribution >= 4 is 35.0 Å². The molecule has 0 radical (unpaired) electrons. The molecule has 2 unspecified atom stereocenters. The molecule has 0 saturated carbocycles. The Kier molecular flexibility index (Phi) is 8.59. The average Bonchev–Trinajstić information content (AvgIpc) is 3.49. The van der Waals surface area contributed by atoms with E-state index >= 15 is 0 Å². The lowest BCUT2D eigenvalue weighted by Gasteiger charge is -2.39. The number of amides is 3. The SMILES string of the molecule is C=CCN(CCC)C(=O)[C@H]1[C@H]2C(=O)N([C@@H](CC)CO)C(C(=O)N(CC=C)c3ccc(Cl)cc3)C23CC[C@]1(C)O3. The predicted molar refractivity (Wildman–Crippen MR) is 151 cm³/mol. The number of benzene rings is 1. The van der Waals surface area contributed by atoms with Crippen molar-refractivity contribution < 1.29 is 24.2 Å². The van der Waals surface area contributed by atoms with Gasteiger partial charge >= 0.3 is 0 Å². The minimum atomic E-state index is -1.18. The molecule has 9 heteroatoms. The molecule has 0 aromatic heterocycles. The van der Waals surface area contributed by atoms with Crippen LogP contribution in [0.3, 0.4) is 0 Å². The van der Waals surface area contributed by atoms with Crippen molar-refractivity contribution in [2.75, 3.05) is 31.1 Å². The Morgan fingerprint density at radius 2 is 1.85 bits per heavy atom. The quantitative estimate of drug-likeness (QED) is 0.395. The molecule has 212 valence electrons. The van der Waals surface area contributed by atoms with Gasteiger partial charge in [0.15, 0.2) is 0 Å². The van der Waals surface area contributed by atoms with E-state index < -0.39 is 35.1 Å². The third-order valence-corrected chi connectivity index (χ3v) is 8.91. The number of fused-ring (bicyclic) bond motifs is 1. The number of aliphatic hydroxyl groups is 1. The van der Waals surface area contributed by atoms with Gasteiger partial charge in [-0.2, -0.15) is 0 Å².